The SMILES string of the molecule is CCNC(=NCC1CCCN1C)N1CCN(c2ccc(OC)cc2)CC1. The van der Waals surface area contributed by atoms with Crippen LogP contribution in [-0.4, -0.2) is 81.8 Å². The summed E-state index contributed by atoms with van der Waals surface area (Å²) in [6.45, 7) is 9.19. The minimum absolute atomic E-state index is 0.601. The number of anilines is 1. The summed E-state index contributed by atoms with van der Waals surface area (Å²) in [6.07, 6.45) is 2.57. The number of guanidine groups is 1. The van der Waals surface area contributed by atoms with E-state index in [1.165, 1.54) is 25.1 Å². The van der Waals surface area contributed by atoms with Crippen molar-refractivity contribution < 1.29 is 4.74 Å². The van der Waals surface area contributed by atoms with Crippen molar-refractivity contribution in [1.29, 1.82) is 0 Å². The highest BCUT2D eigenvalue weighted by atomic mass is 16.5. The molecule has 0 saturated carbocycles. The van der Waals surface area contributed by atoms with Gasteiger partial charge in [0.05, 0.1) is 13.7 Å². The van der Waals surface area contributed by atoms with Crippen molar-refractivity contribution in [2.75, 3.05) is 64.9 Å². The molecular formula is C20H33N5O. The summed E-state index contributed by atoms with van der Waals surface area (Å²) in [6, 6.07) is 8.95. The Kier molecular flexibility index (Phi) is 6.61. The summed E-state index contributed by atoms with van der Waals surface area (Å²) in [7, 11) is 3.92. The molecule has 0 radical (unpaired) electrons. The van der Waals surface area contributed by atoms with Gasteiger partial charge in [0.2, 0.25) is 0 Å². The van der Waals surface area contributed by atoms with Gasteiger partial charge in [-0.1, -0.05) is 0 Å². The average Bonchev–Trinajstić information content (AvgIpc) is 3.10. The summed E-state index contributed by atoms with van der Waals surface area (Å²) < 4.78 is 5.25. The summed E-state index contributed by atoms with van der Waals surface area (Å²) in [5.74, 6) is 1.98. The minimum atomic E-state index is 0.601. The molecule has 1 aromatic rings. The second-order valence-electron chi connectivity index (χ2n) is 7.14. The normalized spacial score (nSPS) is 22.0. The van der Waals surface area contributed by atoms with Gasteiger partial charge in [-0.05, 0) is 57.6 Å². The second-order valence-corrected chi connectivity index (χ2v) is 7.14. The molecule has 144 valence electrons. The Hall–Kier alpha value is -1.95. The van der Waals surface area contributed by atoms with E-state index in [1.54, 1.807) is 7.11 Å². The number of hydrogen-bond acceptors (Lipinski definition) is 4. The molecule has 2 aliphatic rings. The number of nitrogens with one attached hydrogen (secondary N) is 1. The first-order chi connectivity index (χ1) is 12.7. The molecule has 2 aliphatic heterocycles. The predicted octanol–water partition coefficient (Wildman–Crippen LogP) is 1.88. The molecule has 6 nitrogen and oxygen atoms in total. The number of nitrogens with zero attached hydrogens (tertiary/aromatic N) is 4. The molecule has 0 aromatic heterocycles. The second kappa shape index (κ2) is 9.12. The number of piperazine rings is 1. The number of methoxy groups -OCH3 is 1. The molecule has 0 aliphatic carbocycles. The first-order valence-electron chi connectivity index (χ1n) is 9.83. The molecule has 3 rings (SSSR count). The smallest absolute Gasteiger partial charge is 0.194 e. The Morgan fingerprint density at radius 1 is 1.15 bits per heavy atom. The van der Waals surface area contributed by atoms with Crippen molar-refractivity contribution in [2.45, 2.75) is 25.8 Å². The molecule has 1 atom stereocenters. The fourth-order valence-corrected chi connectivity index (χ4v) is 3.80. The maximum Gasteiger partial charge on any atom is 0.194 e. The van der Waals surface area contributed by atoms with Gasteiger partial charge in [-0.3, -0.25) is 4.99 Å². The van der Waals surface area contributed by atoms with Crippen LogP contribution < -0.4 is 15.0 Å². The van der Waals surface area contributed by atoms with Crippen LogP contribution in [0.5, 0.6) is 5.75 Å². The van der Waals surface area contributed by atoms with Crippen molar-refractivity contribution in [3.05, 3.63) is 24.3 Å². The van der Waals surface area contributed by atoms with Gasteiger partial charge in [-0.2, -0.15) is 0 Å². The van der Waals surface area contributed by atoms with Gasteiger partial charge in [0.15, 0.2) is 5.96 Å². The molecule has 0 bridgehead atoms. The summed E-state index contributed by atoms with van der Waals surface area (Å²) in [5, 5.41) is 3.48. The number of likely N-dealkylation sites (N-methyl/N-ethyl adjacent to an activating group) is 1. The number of ether oxygens (including phenoxy) is 1. The molecule has 1 aromatic carbocycles. The first-order valence-corrected chi connectivity index (χ1v) is 9.83. The minimum Gasteiger partial charge on any atom is -0.497 e. The molecule has 2 heterocycles. The maximum absolute atomic E-state index is 5.25. The Balaban J connectivity index is 1.56. The summed E-state index contributed by atoms with van der Waals surface area (Å²) in [5.41, 5.74) is 1.26. The predicted molar refractivity (Wildman–Crippen MR) is 108 cm³/mol. The van der Waals surface area contributed by atoms with Crippen LogP contribution in [0.25, 0.3) is 0 Å². The lowest BCUT2D eigenvalue weighted by atomic mass is 10.2. The Bertz CT molecular complexity index is 580. The molecular weight excluding hydrogens is 326 g/mol. The molecule has 1 N–H and O–H groups in total. The lowest BCUT2D eigenvalue weighted by Gasteiger charge is -2.38. The molecule has 2 saturated heterocycles. The van der Waals surface area contributed by atoms with Gasteiger partial charge in [-0.25, -0.2) is 0 Å². The van der Waals surface area contributed by atoms with E-state index in [-0.39, 0.29) is 0 Å². The van der Waals surface area contributed by atoms with Crippen molar-refractivity contribution in [1.82, 2.24) is 15.1 Å². The van der Waals surface area contributed by atoms with E-state index in [0.717, 1.165) is 51.0 Å². The van der Waals surface area contributed by atoms with Gasteiger partial charge in [0, 0.05) is 44.5 Å². The zero-order chi connectivity index (χ0) is 18.4. The Morgan fingerprint density at radius 3 is 2.46 bits per heavy atom. The van der Waals surface area contributed by atoms with Crippen LogP contribution in [0.3, 0.4) is 0 Å². The summed E-state index contributed by atoms with van der Waals surface area (Å²) in [4.78, 5) is 12.2. The molecule has 6 heteroatoms. The maximum atomic E-state index is 5.25. The van der Waals surface area contributed by atoms with Crippen molar-refractivity contribution in [2.24, 2.45) is 4.99 Å². The third-order valence-corrected chi connectivity index (χ3v) is 5.47. The molecule has 1 unspecified atom stereocenters. The molecule has 0 spiro atoms. The van der Waals surface area contributed by atoms with Crippen LogP contribution in [0.2, 0.25) is 0 Å². The van der Waals surface area contributed by atoms with Crippen LogP contribution >= 0.6 is 0 Å². The highest BCUT2D eigenvalue weighted by Crippen LogP contribution is 2.20. The van der Waals surface area contributed by atoms with E-state index in [9.17, 15) is 0 Å². The number of rotatable bonds is 5. The average molecular weight is 360 g/mol. The van der Waals surface area contributed by atoms with Crippen molar-refractivity contribution in [3.8, 4) is 5.75 Å². The van der Waals surface area contributed by atoms with Crippen LogP contribution in [-0.2, 0) is 0 Å². The van der Waals surface area contributed by atoms with Gasteiger partial charge in [0.1, 0.15) is 5.75 Å². The Morgan fingerprint density at radius 2 is 1.88 bits per heavy atom. The topological polar surface area (TPSA) is 43.3 Å². The standard InChI is InChI=1S/C20H33N5O/c1-4-21-20(22-16-18-6-5-11-23(18)2)25-14-12-24(13-15-25)17-7-9-19(26-3)10-8-17/h7-10,18H,4-6,11-16H2,1-3H3,(H,21,22). The lowest BCUT2D eigenvalue weighted by Crippen LogP contribution is -2.52. The van der Waals surface area contributed by atoms with Gasteiger partial charge < -0.3 is 24.8 Å². The highest BCUT2D eigenvalue weighted by Gasteiger charge is 2.23. The van der Waals surface area contributed by atoms with Crippen LogP contribution in [0.4, 0.5) is 5.69 Å². The van der Waals surface area contributed by atoms with E-state index in [1.807, 2.05) is 12.1 Å². The lowest BCUT2D eigenvalue weighted by molar-refractivity contribution is 0.314. The quantitative estimate of drug-likeness (QED) is 0.642. The van der Waals surface area contributed by atoms with E-state index in [4.69, 9.17) is 9.73 Å². The van der Waals surface area contributed by atoms with Gasteiger partial charge in [0.25, 0.3) is 0 Å². The first kappa shape index (κ1) is 18.8. The van der Waals surface area contributed by atoms with E-state index >= 15 is 0 Å². The highest BCUT2D eigenvalue weighted by molar-refractivity contribution is 5.80. The Labute approximate surface area is 157 Å². The van der Waals surface area contributed by atoms with Crippen LogP contribution in [0.1, 0.15) is 19.8 Å². The third-order valence-electron chi connectivity index (χ3n) is 5.47. The fraction of sp³-hybridized carbons (Fsp3) is 0.650. The molecule has 26 heavy (non-hydrogen) atoms. The van der Waals surface area contributed by atoms with Gasteiger partial charge >= 0.3 is 0 Å². The van der Waals surface area contributed by atoms with E-state index in [0.29, 0.717) is 6.04 Å². The van der Waals surface area contributed by atoms with Crippen molar-refractivity contribution >= 4 is 11.6 Å². The number of benzene rings is 1. The number of aliphatic imine (C=N–C) groups is 1. The van der Waals surface area contributed by atoms with Gasteiger partial charge in [-0.15, -0.1) is 0 Å². The summed E-state index contributed by atoms with van der Waals surface area (Å²) >= 11 is 0. The number of likely N-dealkylation sites (tertiary alicyclic amines) is 1. The fourth-order valence-electron chi connectivity index (χ4n) is 3.80. The monoisotopic (exact) mass is 359 g/mol. The zero-order valence-electron chi connectivity index (χ0n) is 16.4. The third kappa shape index (κ3) is 4.61. The van der Waals surface area contributed by atoms with Crippen LogP contribution in [0, 0.1) is 0 Å². The molecule has 2 fully saturated rings. The largest absolute Gasteiger partial charge is 0.497 e. The molecule has 0 amide bonds. The van der Waals surface area contributed by atoms with E-state index < -0.39 is 0 Å². The van der Waals surface area contributed by atoms with Crippen molar-refractivity contribution in [3.63, 3.8) is 0 Å². The van der Waals surface area contributed by atoms with Crippen LogP contribution in [0.15, 0.2) is 29.3 Å². The zero-order valence-corrected chi connectivity index (χ0v) is 16.4. The number of hydrogen-bond donors (Lipinski definition) is 1. The van der Waals surface area contributed by atoms with E-state index in [2.05, 4.69) is 46.1 Å².